The summed E-state index contributed by atoms with van der Waals surface area (Å²) in [6, 6.07) is 0. The third-order valence-electron chi connectivity index (χ3n) is 4.15. The van der Waals surface area contributed by atoms with Gasteiger partial charge in [-0.2, -0.15) is 4.21 Å². The summed E-state index contributed by atoms with van der Waals surface area (Å²) >= 11 is 14.8. The largest absolute Gasteiger partial charge is 0.458 e. The number of carbonyl (C=O) groups excluding carboxylic acids is 1. The Kier molecular flexibility index (Phi) is 13.2. The van der Waals surface area contributed by atoms with Crippen molar-refractivity contribution in [2.24, 2.45) is 0 Å². The molecule has 9 heteroatoms. The third kappa shape index (κ3) is 13.1. The summed E-state index contributed by atoms with van der Waals surface area (Å²) in [5, 5.41) is 0. The lowest BCUT2D eigenvalue weighted by atomic mass is 10.0. The summed E-state index contributed by atoms with van der Waals surface area (Å²) in [4.78, 5) is 11.6. The van der Waals surface area contributed by atoms with Crippen molar-refractivity contribution < 1.29 is 22.1 Å². The van der Waals surface area contributed by atoms with Crippen LogP contribution in [0.5, 0.6) is 0 Å². The van der Waals surface area contributed by atoms with Crippen LogP contribution in [-0.4, -0.2) is 32.8 Å². The fraction of sp³-hybridized carbons (Fsp3) is 0.833. The monoisotopic (exact) mass is 462 g/mol. The maximum atomic E-state index is 11.6. The Hall–Kier alpha value is 0.150. The standard InChI is InChI=1S/C18H29Cl3O5S/c1-2-3-4-5-6-7-8-9-10-11-15-16(26-27(23)25-15)12-13-17(22)24-14-18(19,20)21/h12-13,15-16H,2-11,14H2,1H3/b13-12+/t15-,16-,27?/m0/s1. The topological polar surface area (TPSA) is 61.8 Å². The van der Waals surface area contributed by atoms with Gasteiger partial charge in [-0.1, -0.05) is 99.5 Å². The molecule has 0 saturated carbocycles. The van der Waals surface area contributed by atoms with Crippen LogP contribution in [0.25, 0.3) is 0 Å². The summed E-state index contributed by atoms with van der Waals surface area (Å²) in [6.45, 7) is 1.87. The van der Waals surface area contributed by atoms with Gasteiger partial charge in [0.15, 0.2) is 0 Å². The molecule has 1 heterocycles. The highest BCUT2D eigenvalue weighted by atomic mass is 35.6. The number of unbranched alkanes of at least 4 members (excludes halogenated alkanes) is 8. The molecule has 0 aromatic rings. The van der Waals surface area contributed by atoms with Crippen molar-refractivity contribution in [1.82, 2.24) is 0 Å². The second-order valence-corrected chi connectivity index (χ2v) is 9.91. The Morgan fingerprint density at radius 3 is 2.22 bits per heavy atom. The minimum absolute atomic E-state index is 0.340. The van der Waals surface area contributed by atoms with Crippen molar-refractivity contribution in [3.63, 3.8) is 0 Å². The molecular weight excluding hydrogens is 435 g/mol. The second-order valence-electron chi connectivity index (χ2n) is 6.60. The maximum absolute atomic E-state index is 11.6. The zero-order valence-electron chi connectivity index (χ0n) is 15.7. The number of alkyl halides is 3. The lowest BCUT2D eigenvalue weighted by molar-refractivity contribution is -0.137. The van der Waals surface area contributed by atoms with Gasteiger partial charge in [0.05, 0.1) is 0 Å². The SMILES string of the molecule is CCCCCCCCCCC[C@@H]1OS(=O)O[C@H]1/C=C/C(=O)OCC(Cl)(Cl)Cl. The molecule has 1 saturated heterocycles. The van der Waals surface area contributed by atoms with Gasteiger partial charge in [0.25, 0.3) is 0 Å². The van der Waals surface area contributed by atoms with E-state index in [9.17, 15) is 9.00 Å². The van der Waals surface area contributed by atoms with Crippen LogP contribution < -0.4 is 0 Å². The van der Waals surface area contributed by atoms with E-state index in [1.54, 1.807) is 0 Å². The molecule has 0 amide bonds. The molecule has 0 aromatic heterocycles. The van der Waals surface area contributed by atoms with Crippen LogP contribution in [0.1, 0.15) is 71.1 Å². The highest BCUT2D eigenvalue weighted by molar-refractivity contribution is 7.75. The highest BCUT2D eigenvalue weighted by Crippen LogP contribution is 2.26. The average molecular weight is 464 g/mol. The predicted octanol–water partition coefficient (Wildman–Crippen LogP) is 5.74. The van der Waals surface area contributed by atoms with Crippen LogP contribution in [0.3, 0.4) is 0 Å². The first-order valence-electron chi connectivity index (χ1n) is 9.49. The van der Waals surface area contributed by atoms with Crippen LogP contribution in [0.2, 0.25) is 0 Å². The number of esters is 1. The molecule has 158 valence electrons. The summed E-state index contributed by atoms with van der Waals surface area (Å²) in [5.41, 5.74) is 0. The van der Waals surface area contributed by atoms with Crippen LogP contribution in [-0.2, 0) is 29.3 Å². The van der Waals surface area contributed by atoms with Crippen molar-refractivity contribution in [3.05, 3.63) is 12.2 Å². The Morgan fingerprint density at radius 1 is 1.04 bits per heavy atom. The van der Waals surface area contributed by atoms with Crippen molar-refractivity contribution in [3.8, 4) is 0 Å². The molecule has 1 rings (SSSR count). The first-order chi connectivity index (χ1) is 12.8. The minimum atomic E-state index is -1.80. The van der Waals surface area contributed by atoms with E-state index in [2.05, 4.69) is 6.92 Å². The van der Waals surface area contributed by atoms with Crippen LogP contribution in [0.15, 0.2) is 12.2 Å². The van der Waals surface area contributed by atoms with E-state index in [0.29, 0.717) is 0 Å². The van der Waals surface area contributed by atoms with E-state index in [-0.39, 0.29) is 12.7 Å². The van der Waals surface area contributed by atoms with Crippen molar-refractivity contribution in [2.75, 3.05) is 6.61 Å². The number of rotatable bonds is 13. The van der Waals surface area contributed by atoms with Gasteiger partial charge < -0.3 is 4.74 Å². The summed E-state index contributed by atoms with van der Waals surface area (Å²) in [6.07, 6.45) is 13.5. The van der Waals surface area contributed by atoms with E-state index >= 15 is 0 Å². The third-order valence-corrected chi connectivity index (χ3v) is 5.26. The first-order valence-corrected chi connectivity index (χ1v) is 11.6. The molecule has 0 bridgehead atoms. The zero-order valence-corrected chi connectivity index (χ0v) is 18.8. The van der Waals surface area contributed by atoms with Gasteiger partial charge in [-0.3, -0.25) is 8.37 Å². The van der Waals surface area contributed by atoms with Crippen LogP contribution in [0.4, 0.5) is 0 Å². The second kappa shape index (κ2) is 14.2. The van der Waals surface area contributed by atoms with E-state index in [1.807, 2.05) is 0 Å². The van der Waals surface area contributed by atoms with Crippen LogP contribution in [0, 0.1) is 0 Å². The van der Waals surface area contributed by atoms with Gasteiger partial charge in [-0.25, -0.2) is 4.79 Å². The number of halogens is 3. The maximum Gasteiger partial charge on any atom is 0.330 e. The van der Waals surface area contributed by atoms with Crippen LogP contribution >= 0.6 is 34.8 Å². The summed E-state index contributed by atoms with van der Waals surface area (Å²) < 4.78 is 25.1. The van der Waals surface area contributed by atoms with Gasteiger partial charge in [0.2, 0.25) is 3.79 Å². The van der Waals surface area contributed by atoms with Crippen molar-refractivity contribution in [1.29, 1.82) is 0 Å². The molecule has 0 aromatic carbocycles. The van der Waals surface area contributed by atoms with Crippen molar-refractivity contribution in [2.45, 2.75) is 87.1 Å². The first kappa shape index (κ1) is 25.2. The van der Waals surface area contributed by atoms with E-state index in [0.717, 1.165) is 19.3 Å². The molecule has 1 fully saturated rings. The Labute approximate surface area is 179 Å². The molecule has 3 atom stereocenters. The minimum Gasteiger partial charge on any atom is -0.458 e. The number of hydrogen-bond donors (Lipinski definition) is 0. The van der Waals surface area contributed by atoms with Gasteiger partial charge in [-0.15, -0.1) is 0 Å². The Morgan fingerprint density at radius 2 is 1.63 bits per heavy atom. The number of carbonyl (C=O) groups is 1. The fourth-order valence-corrected chi connectivity index (χ4v) is 3.72. The Bertz CT molecular complexity index is 482. The molecule has 0 radical (unpaired) electrons. The summed E-state index contributed by atoms with van der Waals surface area (Å²) in [7, 11) is 0. The van der Waals surface area contributed by atoms with E-state index in [1.165, 1.54) is 57.1 Å². The van der Waals surface area contributed by atoms with Gasteiger partial charge in [0, 0.05) is 6.08 Å². The predicted molar refractivity (Wildman–Crippen MR) is 110 cm³/mol. The lowest BCUT2D eigenvalue weighted by Crippen LogP contribution is -2.21. The molecule has 1 aliphatic heterocycles. The van der Waals surface area contributed by atoms with E-state index in [4.69, 9.17) is 47.9 Å². The normalized spacial score (nSPS) is 23.2. The van der Waals surface area contributed by atoms with Crippen molar-refractivity contribution >= 4 is 52.1 Å². The van der Waals surface area contributed by atoms with E-state index < -0.39 is 27.2 Å². The molecule has 5 nitrogen and oxygen atoms in total. The van der Waals surface area contributed by atoms with Gasteiger partial charge in [-0.05, 0) is 12.5 Å². The molecule has 0 aliphatic carbocycles. The van der Waals surface area contributed by atoms with Gasteiger partial charge >= 0.3 is 17.3 Å². The smallest absolute Gasteiger partial charge is 0.330 e. The zero-order chi connectivity index (χ0) is 20.1. The molecule has 1 unspecified atom stereocenters. The molecule has 0 N–H and O–H groups in total. The average Bonchev–Trinajstić information content (AvgIpc) is 2.95. The molecular formula is C18H29Cl3O5S. The quantitative estimate of drug-likeness (QED) is 0.151. The molecule has 1 aliphatic rings. The lowest BCUT2D eigenvalue weighted by Gasteiger charge is -2.12. The molecule has 0 spiro atoms. The number of hydrogen-bond acceptors (Lipinski definition) is 5. The molecule has 27 heavy (non-hydrogen) atoms. The number of ether oxygens (including phenoxy) is 1. The Balaban J connectivity index is 2.22. The summed E-state index contributed by atoms with van der Waals surface area (Å²) in [5.74, 6) is -0.663. The highest BCUT2D eigenvalue weighted by Gasteiger charge is 2.33. The fourth-order valence-electron chi connectivity index (χ4n) is 2.73. The van der Waals surface area contributed by atoms with Gasteiger partial charge in [0.1, 0.15) is 18.8 Å².